The summed E-state index contributed by atoms with van der Waals surface area (Å²) in [6.07, 6.45) is 5.98. The van der Waals surface area contributed by atoms with Gasteiger partial charge in [0.05, 0.1) is 6.10 Å². The summed E-state index contributed by atoms with van der Waals surface area (Å²) in [4.78, 5) is 15.0. The SMILES string of the molecule is CC1CCCC(C(=O)Nc2ccccc2CN2CCC(O)CC2)C1. The van der Waals surface area contributed by atoms with Crippen molar-refractivity contribution in [2.24, 2.45) is 11.8 Å². The van der Waals surface area contributed by atoms with Crippen molar-refractivity contribution in [1.82, 2.24) is 4.90 Å². The summed E-state index contributed by atoms with van der Waals surface area (Å²) in [6, 6.07) is 8.14. The molecule has 132 valence electrons. The van der Waals surface area contributed by atoms with Crippen LogP contribution in [0.3, 0.4) is 0 Å². The predicted octanol–water partition coefficient (Wildman–Crippen LogP) is 3.41. The van der Waals surface area contributed by atoms with Crippen LogP contribution in [0.2, 0.25) is 0 Å². The Balaban J connectivity index is 1.62. The van der Waals surface area contributed by atoms with Crippen molar-refractivity contribution in [2.75, 3.05) is 18.4 Å². The minimum Gasteiger partial charge on any atom is -0.393 e. The fourth-order valence-corrected chi connectivity index (χ4v) is 4.01. The molecule has 0 aromatic heterocycles. The number of nitrogens with one attached hydrogen (secondary N) is 1. The molecule has 4 heteroatoms. The van der Waals surface area contributed by atoms with Crippen molar-refractivity contribution < 1.29 is 9.90 Å². The third-order valence-corrected chi connectivity index (χ3v) is 5.53. The number of benzene rings is 1. The Kier molecular flexibility index (Phi) is 5.90. The molecule has 0 spiro atoms. The van der Waals surface area contributed by atoms with Crippen LogP contribution in [-0.2, 0) is 11.3 Å². The van der Waals surface area contributed by atoms with E-state index >= 15 is 0 Å². The Labute approximate surface area is 145 Å². The highest BCUT2D eigenvalue weighted by molar-refractivity contribution is 5.93. The summed E-state index contributed by atoms with van der Waals surface area (Å²) >= 11 is 0. The Morgan fingerprint density at radius 2 is 1.96 bits per heavy atom. The minimum absolute atomic E-state index is 0.149. The Morgan fingerprint density at radius 1 is 1.21 bits per heavy atom. The van der Waals surface area contributed by atoms with Gasteiger partial charge in [0.15, 0.2) is 0 Å². The van der Waals surface area contributed by atoms with E-state index in [1.165, 1.54) is 12.0 Å². The molecule has 3 rings (SSSR count). The van der Waals surface area contributed by atoms with Gasteiger partial charge in [-0.05, 0) is 43.2 Å². The van der Waals surface area contributed by atoms with Crippen LogP contribution in [0.25, 0.3) is 0 Å². The number of carbonyl (C=O) groups excluding carboxylic acids is 1. The van der Waals surface area contributed by atoms with Gasteiger partial charge < -0.3 is 10.4 Å². The van der Waals surface area contributed by atoms with Gasteiger partial charge in [-0.3, -0.25) is 9.69 Å². The molecule has 2 fully saturated rings. The number of aliphatic hydroxyl groups is 1. The lowest BCUT2D eigenvalue weighted by atomic mass is 9.82. The number of carbonyl (C=O) groups is 1. The summed E-state index contributed by atoms with van der Waals surface area (Å²) in [5.74, 6) is 1.000. The summed E-state index contributed by atoms with van der Waals surface area (Å²) < 4.78 is 0. The van der Waals surface area contributed by atoms with E-state index in [2.05, 4.69) is 23.2 Å². The summed E-state index contributed by atoms with van der Waals surface area (Å²) in [5, 5.41) is 12.8. The zero-order chi connectivity index (χ0) is 16.9. The molecule has 1 aliphatic heterocycles. The van der Waals surface area contributed by atoms with E-state index in [4.69, 9.17) is 0 Å². The van der Waals surface area contributed by atoms with Crippen molar-refractivity contribution in [1.29, 1.82) is 0 Å². The number of nitrogens with zero attached hydrogens (tertiary/aromatic N) is 1. The van der Waals surface area contributed by atoms with E-state index in [1.807, 2.05) is 18.2 Å². The molecule has 1 amide bonds. The number of piperidine rings is 1. The normalized spacial score (nSPS) is 26.2. The van der Waals surface area contributed by atoms with Crippen LogP contribution in [0.4, 0.5) is 5.69 Å². The number of para-hydroxylation sites is 1. The first-order valence-electron chi connectivity index (χ1n) is 9.41. The molecule has 1 aliphatic carbocycles. The minimum atomic E-state index is -0.149. The van der Waals surface area contributed by atoms with Gasteiger partial charge in [0, 0.05) is 31.2 Å². The number of hydrogen-bond donors (Lipinski definition) is 2. The predicted molar refractivity (Wildman–Crippen MR) is 96.7 cm³/mol. The number of aliphatic hydroxyl groups excluding tert-OH is 1. The molecular weight excluding hydrogens is 300 g/mol. The van der Waals surface area contributed by atoms with Crippen LogP contribution in [0, 0.1) is 11.8 Å². The zero-order valence-corrected chi connectivity index (χ0v) is 14.7. The third-order valence-electron chi connectivity index (χ3n) is 5.53. The molecular formula is C20H30N2O2. The Bertz CT molecular complexity index is 552. The molecule has 0 radical (unpaired) electrons. The molecule has 1 saturated heterocycles. The van der Waals surface area contributed by atoms with Gasteiger partial charge in [-0.1, -0.05) is 38.0 Å². The molecule has 4 nitrogen and oxygen atoms in total. The van der Waals surface area contributed by atoms with Crippen molar-refractivity contribution in [3.63, 3.8) is 0 Å². The second kappa shape index (κ2) is 8.13. The van der Waals surface area contributed by atoms with Crippen LogP contribution in [-0.4, -0.2) is 35.1 Å². The number of anilines is 1. The lowest BCUT2D eigenvalue weighted by molar-refractivity contribution is -0.121. The molecule has 24 heavy (non-hydrogen) atoms. The van der Waals surface area contributed by atoms with Gasteiger partial charge in [-0.2, -0.15) is 0 Å². The second-order valence-electron chi connectivity index (χ2n) is 7.62. The van der Waals surface area contributed by atoms with E-state index in [-0.39, 0.29) is 17.9 Å². The quantitative estimate of drug-likeness (QED) is 0.889. The first kappa shape index (κ1) is 17.4. The first-order valence-corrected chi connectivity index (χ1v) is 9.41. The first-order chi connectivity index (χ1) is 11.6. The van der Waals surface area contributed by atoms with E-state index in [0.717, 1.165) is 57.4 Å². The van der Waals surface area contributed by atoms with Crippen molar-refractivity contribution in [3.05, 3.63) is 29.8 Å². The van der Waals surface area contributed by atoms with Gasteiger partial charge >= 0.3 is 0 Å². The van der Waals surface area contributed by atoms with Gasteiger partial charge in [-0.25, -0.2) is 0 Å². The summed E-state index contributed by atoms with van der Waals surface area (Å²) in [6.45, 7) is 4.93. The average molecular weight is 330 g/mol. The van der Waals surface area contributed by atoms with Crippen molar-refractivity contribution in [2.45, 2.75) is 58.1 Å². The molecule has 1 saturated carbocycles. The van der Waals surface area contributed by atoms with E-state index in [9.17, 15) is 9.90 Å². The van der Waals surface area contributed by atoms with Gasteiger partial charge in [-0.15, -0.1) is 0 Å². The lowest BCUT2D eigenvalue weighted by Crippen LogP contribution is -2.35. The molecule has 1 aromatic rings. The Hall–Kier alpha value is -1.39. The highest BCUT2D eigenvalue weighted by atomic mass is 16.3. The lowest BCUT2D eigenvalue weighted by Gasteiger charge is -2.30. The third kappa shape index (κ3) is 4.58. The van der Waals surface area contributed by atoms with Crippen LogP contribution >= 0.6 is 0 Å². The maximum Gasteiger partial charge on any atom is 0.227 e. The second-order valence-corrected chi connectivity index (χ2v) is 7.62. The highest BCUT2D eigenvalue weighted by Gasteiger charge is 2.25. The summed E-state index contributed by atoms with van der Waals surface area (Å²) in [5.41, 5.74) is 2.12. The Morgan fingerprint density at radius 3 is 2.71 bits per heavy atom. The molecule has 1 heterocycles. The van der Waals surface area contributed by atoms with E-state index in [1.54, 1.807) is 0 Å². The number of amides is 1. The monoisotopic (exact) mass is 330 g/mol. The largest absolute Gasteiger partial charge is 0.393 e. The fourth-order valence-electron chi connectivity index (χ4n) is 4.01. The smallest absolute Gasteiger partial charge is 0.227 e. The molecule has 2 atom stereocenters. The van der Waals surface area contributed by atoms with E-state index < -0.39 is 0 Å². The molecule has 2 aliphatic rings. The van der Waals surface area contributed by atoms with Crippen LogP contribution < -0.4 is 5.32 Å². The molecule has 0 bridgehead atoms. The molecule has 1 aromatic carbocycles. The average Bonchev–Trinajstić information content (AvgIpc) is 2.58. The highest BCUT2D eigenvalue weighted by Crippen LogP contribution is 2.30. The maximum atomic E-state index is 12.6. The van der Waals surface area contributed by atoms with Crippen molar-refractivity contribution >= 4 is 11.6 Å². The van der Waals surface area contributed by atoms with Crippen LogP contribution in [0.15, 0.2) is 24.3 Å². The fraction of sp³-hybridized carbons (Fsp3) is 0.650. The number of hydrogen-bond acceptors (Lipinski definition) is 3. The van der Waals surface area contributed by atoms with E-state index in [0.29, 0.717) is 5.92 Å². The topological polar surface area (TPSA) is 52.6 Å². The summed E-state index contributed by atoms with van der Waals surface area (Å²) in [7, 11) is 0. The van der Waals surface area contributed by atoms with Gasteiger partial charge in [0.25, 0.3) is 0 Å². The standard InChI is InChI=1S/C20H30N2O2/c1-15-5-4-7-16(13-15)20(24)21-19-8-3-2-6-17(19)14-22-11-9-18(23)10-12-22/h2-3,6,8,15-16,18,23H,4-5,7,9-14H2,1H3,(H,21,24). The zero-order valence-electron chi connectivity index (χ0n) is 14.7. The van der Waals surface area contributed by atoms with Crippen LogP contribution in [0.5, 0.6) is 0 Å². The van der Waals surface area contributed by atoms with Gasteiger partial charge in [0.1, 0.15) is 0 Å². The number of likely N-dealkylation sites (tertiary alicyclic amines) is 1. The molecule has 2 unspecified atom stereocenters. The number of rotatable bonds is 4. The molecule has 2 N–H and O–H groups in total. The van der Waals surface area contributed by atoms with Gasteiger partial charge in [0.2, 0.25) is 5.91 Å². The maximum absolute atomic E-state index is 12.6. The van der Waals surface area contributed by atoms with Crippen molar-refractivity contribution in [3.8, 4) is 0 Å². The van der Waals surface area contributed by atoms with Crippen LogP contribution in [0.1, 0.15) is 51.0 Å².